The van der Waals surface area contributed by atoms with Gasteiger partial charge in [0.05, 0.1) is 5.56 Å². The molecule has 2 rings (SSSR count). The van der Waals surface area contributed by atoms with E-state index in [-0.39, 0.29) is 16.5 Å². The third kappa shape index (κ3) is 2.95. The Kier molecular flexibility index (Phi) is 3.57. The van der Waals surface area contributed by atoms with Crippen LogP contribution in [0, 0.1) is 6.92 Å². The number of benzene rings is 1. The van der Waals surface area contributed by atoms with Crippen molar-refractivity contribution in [1.29, 1.82) is 0 Å². The van der Waals surface area contributed by atoms with E-state index in [0.29, 0.717) is 5.69 Å². The van der Waals surface area contributed by atoms with Crippen molar-refractivity contribution in [3.63, 3.8) is 0 Å². The summed E-state index contributed by atoms with van der Waals surface area (Å²) in [5.74, 6) is -1.49. The van der Waals surface area contributed by atoms with Gasteiger partial charge in [-0.3, -0.25) is 4.79 Å². The van der Waals surface area contributed by atoms with Gasteiger partial charge in [0.2, 0.25) is 0 Å². The van der Waals surface area contributed by atoms with Crippen LogP contribution in [0.5, 0.6) is 0 Å². The molecule has 2 N–H and O–H groups in total. The molecule has 0 spiro atoms. The number of hydrogen-bond donors (Lipinski definition) is 2. The molecule has 0 aliphatic carbocycles. The van der Waals surface area contributed by atoms with Crippen LogP contribution in [0.4, 0.5) is 5.69 Å². The number of aromatic carboxylic acids is 1. The van der Waals surface area contributed by atoms with Crippen LogP contribution < -0.4 is 5.32 Å². The number of carboxylic acids is 1. The average molecular weight is 280 g/mol. The van der Waals surface area contributed by atoms with Crippen molar-refractivity contribution < 1.29 is 19.1 Å². The second-order valence-electron chi connectivity index (χ2n) is 3.89. The normalized spacial score (nSPS) is 10.2. The lowest BCUT2D eigenvalue weighted by Gasteiger charge is -2.08. The van der Waals surface area contributed by atoms with Crippen molar-refractivity contribution in [2.75, 3.05) is 5.32 Å². The largest absolute Gasteiger partial charge is 0.478 e. The summed E-state index contributed by atoms with van der Waals surface area (Å²) < 4.78 is 4.97. The van der Waals surface area contributed by atoms with Crippen molar-refractivity contribution in [3.05, 3.63) is 52.4 Å². The molecule has 19 heavy (non-hydrogen) atoms. The molecule has 1 heterocycles. The lowest BCUT2D eigenvalue weighted by atomic mass is 10.1. The van der Waals surface area contributed by atoms with Gasteiger partial charge in [0.15, 0.2) is 11.0 Å². The quantitative estimate of drug-likeness (QED) is 0.904. The molecule has 0 radical (unpaired) electrons. The Bertz CT molecular complexity index is 648. The number of rotatable bonds is 3. The molecule has 0 bridgehead atoms. The standard InChI is InChI=1S/C13H10ClNO4/c1-7-2-3-8(13(17)18)6-9(7)15-12(16)10-4-5-11(14)19-10/h2-6H,1H3,(H,15,16)(H,17,18). The van der Waals surface area contributed by atoms with Gasteiger partial charge in [-0.25, -0.2) is 4.79 Å². The Labute approximate surface area is 113 Å². The Hall–Kier alpha value is -2.27. The Morgan fingerprint density at radius 1 is 1.26 bits per heavy atom. The fraction of sp³-hybridized carbons (Fsp3) is 0.0769. The molecule has 1 aromatic carbocycles. The maximum Gasteiger partial charge on any atom is 0.335 e. The highest BCUT2D eigenvalue weighted by atomic mass is 35.5. The monoisotopic (exact) mass is 279 g/mol. The number of anilines is 1. The zero-order chi connectivity index (χ0) is 14.0. The van der Waals surface area contributed by atoms with Crippen LogP contribution in [0.1, 0.15) is 26.5 Å². The van der Waals surface area contributed by atoms with Gasteiger partial charge in [-0.2, -0.15) is 0 Å². The van der Waals surface area contributed by atoms with E-state index in [9.17, 15) is 9.59 Å². The van der Waals surface area contributed by atoms with Gasteiger partial charge in [0.1, 0.15) is 0 Å². The third-order valence-corrected chi connectivity index (χ3v) is 2.73. The van der Waals surface area contributed by atoms with Crippen molar-refractivity contribution in [2.45, 2.75) is 6.92 Å². The number of nitrogens with one attached hydrogen (secondary N) is 1. The molecule has 1 aromatic heterocycles. The predicted molar refractivity (Wildman–Crippen MR) is 69.8 cm³/mol. The minimum absolute atomic E-state index is 0.0603. The van der Waals surface area contributed by atoms with Crippen LogP contribution in [-0.4, -0.2) is 17.0 Å². The van der Waals surface area contributed by atoms with Crippen LogP contribution >= 0.6 is 11.6 Å². The molecule has 1 amide bonds. The summed E-state index contributed by atoms with van der Waals surface area (Å²) in [5, 5.41) is 11.6. The molecular formula is C13H10ClNO4. The zero-order valence-electron chi connectivity index (χ0n) is 9.94. The molecule has 5 nitrogen and oxygen atoms in total. The second-order valence-corrected chi connectivity index (χ2v) is 4.27. The minimum atomic E-state index is -1.06. The average Bonchev–Trinajstić information content (AvgIpc) is 2.78. The summed E-state index contributed by atoms with van der Waals surface area (Å²) in [6.45, 7) is 1.76. The highest BCUT2D eigenvalue weighted by molar-refractivity contribution is 6.29. The topological polar surface area (TPSA) is 79.5 Å². The number of hydrogen-bond acceptors (Lipinski definition) is 3. The Balaban J connectivity index is 2.25. The first kappa shape index (κ1) is 13.2. The van der Waals surface area contributed by atoms with E-state index >= 15 is 0 Å². The van der Waals surface area contributed by atoms with Crippen molar-refractivity contribution in [1.82, 2.24) is 0 Å². The van der Waals surface area contributed by atoms with Gasteiger partial charge in [-0.15, -0.1) is 0 Å². The van der Waals surface area contributed by atoms with Gasteiger partial charge < -0.3 is 14.8 Å². The minimum Gasteiger partial charge on any atom is -0.478 e. The summed E-state index contributed by atoms with van der Waals surface area (Å²) in [5.41, 5.74) is 1.26. The maximum absolute atomic E-state index is 11.8. The summed E-state index contributed by atoms with van der Waals surface area (Å²) in [6.07, 6.45) is 0. The van der Waals surface area contributed by atoms with Gasteiger partial charge in [0.25, 0.3) is 5.91 Å². The first-order chi connectivity index (χ1) is 8.97. The molecule has 0 unspecified atom stereocenters. The fourth-order valence-electron chi connectivity index (χ4n) is 1.51. The number of carbonyl (C=O) groups is 2. The van der Waals surface area contributed by atoms with Gasteiger partial charge in [0, 0.05) is 5.69 Å². The molecule has 98 valence electrons. The first-order valence-corrected chi connectivity index (χ1v) is 5.76. The molecule has 0 aliphatic rings. The predicted octanol–water partition coefficient (Wildman–Crippen LogP) is 3.19. The number of carboxylic acid groups (broad SMARTS) is 1. The molecule has 0 fully saturated rings. The molecule has 0 saturated heterocycles. The summed E-state index contributed by atoms with van der Waals surface area (Å²) >= 11 is 5.58. The van der Waals surface area contributed by atoms with E-state index in [4.69, 9.17) is 21.1 Å². The number of amides is 1. The van der Waals surface area contributed by atoms with E-state index < -0.39 is 11.9 Å². The number of carbonyl (C=O) groups excluding carboxylic acids is 1. The zero-order valence-corrected chi connectivity index (χ0v) is 10.7. The van der Waals surface area contributed by atoms with E-state index in [0.717, 1.165) is 5.56 Å². The van der Waals surface area contributed by atoms with Crippen LogP contribution in [0.25, 0.3) is 0 Å². The van der Waals surface area contributed by atoms with E-state index in [1.807, 2.05) is 0 Å². The molecule has 0 saturated carbocycles. The molecule has 0 atom stereocenters. The summed E-state index contributed by atoms with van der Waals surface area (Å²) in [7, 11) is 0. The highest BCUT2D eigenvalue weighted by Gasteiger charge is 2.13. The SMILES string of the molecule is Cc1ccc(C(=O)O)cc1NC(=O)c1ccc(Cl)o1. The van der Waals surface area contributed by atoms with Gasteiger partial charge in [-0.05, 0) is 48.4 Å². The first-order valence-electron chi connectivity index (χ1n) is 5.38. The fourth-order valence-corrected chi connectivity index (χ4v) is 1.66. The Morgan fingerprint density at radius 3 is 2.58 bits per heavy atom. The smallest absolute Gasteiger partial charge is 0.335 e. The van der Waals surface area contributed by atoms with Crippen molar-refractivity contribution in [3.8, 4) is 0 Å². The van der Waals surface area contributed by atoms with E-state index in [1.54, 1.807) is 13.0 Å². The molecule has 0 aliphatic heterocycles. The maximum atomic E-state index is 11.8. The third-order valence-electron chi connectivity index (χ3n) is 2.53. The lowest BCUT2D eigenvalue weighted by molar-refractivity contribution is 0.0696. The molecule has 2 aromatic rings. The van der Waals surface area contributed by atoms with E-state index in [1.165, 1.54) is 24.3 Å². The number of aryl methyl sites for hydroxylation is 1. The van der Waals surface area contributed by atoms with Crippen LogP contribution in [0.3, 0.4) is 0 Å². The second kappa shape index (κ2) is 5.16. The van der Waals surface area contributed by atoms with Gasteiger partial charge in [-0.1, -0.05) is 6.07 Å². The van der Waals surface area contributed by atoms with Crippen molar-refractivity contribution in [2.24, 2.45) is 0 Å². The van der Waals surface area contributed by atoms with E-state index in [2.05, 4.69) is 5.32 Å². The molecular weight excluding hydrogens is 270 g/mol. The van der Waals surface area contributed by atoms with Crippen LogP contribution in [0.15, 0.2) is 34.7 Å². The Morgan fingerprint density at radius 2 is 2.00 bits per heavy atom. The molecule has 6 heteroatoms. The highest BCUT2D eigenvalue weighted by Crippen LogP contribution is 2.19. The van der Waals surface area contributed by atoms with Crippen LogP contribution in [-0.2, 0) is 0 Å². The number of halogens is 1. The van der Waals surface area contributed by atoms with Crippen molar-refractivity contribution >= 4 is 29.2 Å². The summed E-state index contributed by atoms with van der Waals surface area (Å²) in [6, 6.07) is 7.37. The number of furan rings is 1. The van der Waals surface area contributed by atoms with Crippen LogP contribution in [0.2, 0.25) is 5.22 Å². The van der Waals surface area contributed by atoms with Gasteiger partial charge >= 0.3 is 5.97 Å². The summed E-state index contributed by atoms with van der Waals surface area (Å²) in [4.78, 5) is 22.7. The lowest BCUT2D eigenvalue weighted by Crippen LogP contribution is -2.12.